The Hall–Kier alpha value is -1.96. The van der Waals surface area contributed by atoms with Crippen LogP contribution in [0.15, 0.2) is 6.20 Å². The molecule has 8 nitrogen and oxygen atoms in total. The summed E-state index contributed by atoms with van der Waals surface area (Å²) in [5.41, 5.74) is -0.372. The summed E-state index contributed by atoms with van der Waals surface area (Å²) >= 11 is 0. The molecule has 1 aromatic heterocycles. The lowest BCUT2D eigenvalue weighted by Crippen LogP contribution is -2.30. The molecule has 1 N–H and O–H groups in total. The zero-order valence-corrected chi connectivity index (χ0v) is 12.8. The second kappa shape index (κ2) is 8.35. The molecule has 8 heteroatoms. The van der Waals surface area contributed by atoms with Crippen molar-refractivity contribution in [1.29, 1.82) is 0 Å². The maximum Gasteiger partial charge on any atom is 0.320 e. The number of nitro groups is 1. The van der Waals surface area contributed by atoms with Gasteiger partial charge in [0.2, 0.25) is 5.69 Å². The molecule has 0 radical (unpaired) electrons. The van der Waals surface area contributed by atoms with Crippen LogP contribution in [0.3, 0.4) is 0 Å². The van der Waals surface area contributed by atoms with Gasteiger partial charge in [0.25, 0.3) is 5.91 Å². The molecule has 1 rings (SSSR count). The van der Waals surface area contributed by atoms with Gasteiger partial charge in [-0.1, -0.05) is 13.8 Å². The fourth-order valence-electron chi connectivity index (χ4n) is 2.00. The van der Waals surface area contributed by atoms with Crippen molar-refractivity contribution >= 4 is 11.6 Å². The van der Waals surface area contributed by atoms with Gasteiger partial charge in [0.15, 0.2) is 0 Å². The molecule has 0 aliphatic carbocycles. The van der Waals surface area contributed by atoms with E-state index in [9.17, 15) is 14.9 Å². The Morgan fingerprint density at radius 1 is 1.43 bits per heavy atom. The number of hydrogen-bond donors (Lipinski definition) is 1. The van der Waals surface area contributed by atoms with Gasteiger partial charge in [-0.05, 0) is 33.0 Å². The van der Waals surface area contributed by atoms with Crippen LogP contribution in [0.5, 0.6) is 0 Å². The van der Waals surface area contributed by atoms with E-state index in [1.807, 2.05) is 6.92 Å². The van der Waals surface area contributed by atoms with Gasteiger partial charge >= 0.3 is 5.69 Å². The first kappa shape index (κ1) is 17.1. The van der Waals surface area contributed by atoms with Gasteiger partial charge in [0.05, 0.1) is 4.92 Å². The molecule has 1 aromatic rings. The highest BCUT2D eigenvalue weighted by Crippen LogP contribution is 2.16. The van der Waals surface area contributed by atoms with Crippen molar-refractivity contribution in [1.82, 2.24) is 20.0 Å². The monoisotopic (exact) mass is 297 g/mol. The molecule has 0 saturated carbocycles. The smallest absolute Gasteiger partial charge is 0.320 e. The number of hydrogen-bond acceptors (Lipinski definition) is 5. The van der Waals surface area contributed by atoms with Crippen molar-refractivity contribution < 1.29 is 9.72 Å². The lowest BCUT2D eigenvalue weighted by Gasteiger charge is -2.17. The third-order valence-electron chi connectivity index (χ3n) is 3.31. The molecule has 0 aliphatic heterocycles. The van der Waals surface area contributed by atoms with Crippen LogP contribution in [0.2, 0.25) is 0 Å². The molecule has 118 valence electrons. The molecule has 21 heavy (non-hydrogen) atoms. The fraction of sp³-hybridized carbons (Fsp3) is 0.692. The molecule has 1 amide bonds. The quantitative estimate of drug-likeness (QED) is 0.421. The third kappa shape index (κ3) is 4.82. The minimum absolute atomic E-state index is 0.121. The predicted molar refractivity (Wildman–Crippen MR) is 79.3 cm³/mol. The minimum atomic E-state index is -0.579. The Kier molecular flexibility index (Phi) is 6.80. The first-order valence-corrected chi connectivity index (χ1v) is 7.25. The highest BCUT2D eigenvalue weighted by atomic mass is 16.6. The largest absolute Gasteiger partial charge is 0.350 e. The number of nitrogens with zero attached hydrogens (tertiary/aromatic N) is 4. The number of amides is 1. The van der Waals surface area contributed by atoms with E-state index in [-0.39, 0.29) is 11.4 Å². The van der Waals surface area contributed by atoms with E-state index in [4.69, 9.17) is 0 Å². The van der Waals surface area contributed by atoms with E-state index in [0.29, 0.717) is 13.1 Å². The van der Waals surface area contributed by atoms with Crippen LogP contribution in [0, 0.1) is 10.1 Å². The molecule has 0 aliphatic rings. The number of carbonyl (C=O) groups excluding carboxylic acids is 1. The van der Waals surface area contributed by atoms with Gasteiger partial charge in [-0.15, -0.1) is 0 Å². The van der Waals surface area contributed by atoms with Gasteiger partial charge in [0.1, 0.15) is 6.20 Å². The summed E-state index contributed by atoms with van der Waals surface area (Å²) in [5.74, 6) is -0.492. The Bertz CT molecular complexity index is 482. The topological polar surface area (TPSA) is 93.3 Å². The standard InChI is InChI=1S/C13H23N5O3/c1-4-16(5-2)9-7-8-14-13(19)12-11(18(20)21)10-17(6-3)15-12/h10H,4-9H2,1-3H3,(H,14,19). The highest BCUT2D eigenvalue weighted by Gasteiger charge is 2.24. The maximum atomic E-state index is 12.0. The third-order valence-corrected chi connectivity index (χ3v) is 3.31. The van der Waals surface area contributed by atoms with Crippen LogP contribution < -0.4 is 5.32 Å². The van der Waals surface area contributed by atoms with Gasteiger partial charge in [-0.3, -0.25) is 19.6 Å². The zero-order chi connectivity index (χ0) is 15.8. The van der Waals surface area contributed by atoms with Crippen molar-refractivity contribution in [2.75, 3.05) is 26.2 Å². The molecule has 0 fully saturated rings. The fourth-order valence-corrected chi connectivity index (χ4v) is 2.00. The number of carbonyl (C=O) groups is 1. The number of rotatable bonds is 9. The summed E-state index contributed by atoms with van der Waals surface area (Å²) in [4.78, 5) is 24.6. The van der Waals surface area contributed by atoms with Crippen molar-refractivity contribution in [3.8, 4) is 0 Å². The van der Waals surface area contributed by atoms with E-state index in [1.165, 1.54) is 10.9 Å². The Labute approximate surface area is 124 Å². The van der Waals surface area contributed by atoms with E-state index < -0.39 is 10.8 Å². The summed E-state index contributed by atoms with van der Waals surface area (Å²) in [7, 11) is 0. The molecule has 1 heterocycles. The molecular weight excluding hydrogens is 274 g/mol. The lowest BCUT2D eigenvalue weighted by atomic mass is 10.3. The van der Waals surface area contributed by atoms with Gasteiger partial charge < -0.3 is 10.2 Å². The van der Waals surface area contributed by atoms with E-state index >= 15 is 0 Å². The van der Waals surface area contributed by atoms with E-state index in [1.54, 1.807) is 0 Å². The Morgan fingerprint density at radius 3 is 2.62 bits per heavy atom. The van der Waals surface area contributed by atoms with E-state index in [0.717, 1.165) is 26.1 Å². The maximum absolute atomic E-state index is 12.0. The molecule has 0 aromatic carbocycles. The lowest BCUT2D eigenvalue weighted by molar-refractivity contribution is -0.385. The van der Waals surface area contributed by atoms with Crippen LogP contribution >= 0.6 is 0 Å². The molecule has 0 spiro atoms. The molecule has 0 unspecified atom stereocenters. The van der Waals surface area contributed by atoms with Crippen LogP contribution in [0.1, 0.15) is 37.7 Å². The second-order valence-corrected chi connectivity index (χ2v) is 4.61. The molecular formula is C13H23N5O3. The van der Waals surface area contributed by atoms with Gasteiger partial charge in [0, 0.05) is 13.1 Å². The van der Waals surface area contributed by atoms with Crippen molar-refractivity contribution in [3.05, 3.63) is 22.0 Å². The predicted octanol–water partition coefficient (Wildman–Crippen LogP) is 1.27. The molecule has 0 saturated heterocycles. The summed E-state index contributed by atoms with van der Waals surface area (Å²) in [5, 5.41) is 17.6. The highest BCUT2D eigenvalue weighted by molar-refractivity contribution is 5.95. The van der Waals surface area contributed by atoms with Crippen LogP contribution in [-0.2, 0) is 6.54 Å². The number of aromatic nitrogens is 2. The van der Waals surface area contributed by atoms with Crippen LogP contribution in [-0.4, -0.2) is 51.7 Å². The first-order chi connectivity index (χ1) is 10.0. The molecule has 0 bridgehead atoms. The SMILES string of the molecule is CCN(CC)CCCNC(=O)c1nn(CC)cc1[N+](=O)[O-]. The minimum Gasteiger partial charge on any atom is -0.350 e. The van der Waals surface area contributed by atoms with Gasteiger partial charge in [-0.25, -0.2) is 0 Å². The van der Waals surface area contributed by atoms with Crippen LogP contribution in [0.4, 0.5) is 5.69 Å². The second-order valence-electron chi connectivity index (χ2n) is 4.61. The summed E-state index contributed by atoms with van der Waals surface area (Å²) in [6, 6.07) is 0. The number of aryl methyl sites for hydroxylation is 1. The molecule has 0 atom stereocenters. The van der Waals surface area contributed by atoms with Crippen molar-refractivity contribution in [2.24, 2.45) is 0 Å². The Morgan fingerprint density at radius 2 is 2.10 bits per heavy atom. The zero-order valence-electron chi connectivity index (χ0n) is 12.8. The number of nitrogens with one attached hydrogen (secondary N) is 1. The van der Waals surface area contributed by atoms with Gasteiger partial charge in [-0.2, -0.15) is 5.10 Å². The average Bonchev–Trinajstić information content (AvgIpc) is 2.92. The summed E-state index contributed by atoms with van der Waals surface area (Å²) in [6.07, 6.45) is 2.08. The Balaban J connectivity index is 2.56. The average molecular weight is 297 g/mol. The van der Waals surface area contributed by atoms with E-state index in [2.05, 4.69) is 29.2 Å². The van der Waals surface area contributed by atoms with Crippen molar-refractivity contribution in [3.63, 3.8) is 0 Å². The normalized spacial score (nSPS) is 10.9. The summed E-state index contributed by atoms with van der Waals surface area (Å²) < 4.78 is 1.39. The van der Waals surface area contributed by atoms with Crippen molar-refractivity contribution in [2.45, 2.75) is 33.7 Å². The summed E-state index contributed by atoms with van der Waals surface area (Å²) in [6.45, 7) is 9.77. The van der Waals surface area contributed by atoms with Crippen LogP contribution in [0.25, 0.3) is 0 Å². The first-order valence-electron chi connectivity index (χ1n) is 7.25.